The molecule has 3 nitrogen and oxygen atoms in total. The van der Waals surface area contributed by atoms with Gasteiger partial charge in [0.15, 0.2) is 5.82 Å². The zero-order valence-corrected chi connectivity index (χ0v) is 29.9. The highest BCUT2D eigenvalue weighted by Gasteiger charge is 2.18. The molecule has 0 atom stereocenters. The maximum absolute atomic E-state index is 5.27. The Morgan fingerprint density at radius 2 is 0.800 bits per heavy atom. The van der Waals surface area contributed by atoms with Gasteiger partial charge in [0.05, 0.1) is 22.4 Å². The van der Waals surface area contributed by atoms with Crippen LogP contribution in [0.15, 0.2) is 200 Å². The molecule has 0 saturated carbocycles. The van der Waals surface area contributed by atoms with E-state index >= 15 is 0 Å². The Balaban J connectivity index is 1.07. The third-order valence-electron chi connectivity index (χ3n) is 11.0. The van der Waals surface area contributed by atoms with Crippen LogP contribution in [0.2, 0.25) is 0 Å². The van der Waals surface area contributed by atoms with Gasteiger partial charge in [-0.2, -0.15) is 0 Å². The first-order chi connectivity index (χ1) is 27.3. The number of fused-ring (bicyclic) bond motifs is 7. The largest absolute Gasteiger partial charge is 0.309 e. The Bertz CT molecular complexity index is 3200. The normalized spacial score (nSPS) is 11.6. The van der Waals surface area contributed by atoms with Crippen LogP contribution in [0.4, 0.5) is 0 Å². The molecule has 0 amide bonds. The van der Waals surface area contributed by atoms with Gasteiger partial charge in [-0.15, -0.1) is 0 Å². The predicted molar refractivity (Wildman–Crippen MR) is 231 cm³/mol. The molecule has 0 N–H and O–H groups in total. The summed E-state index contributed by atoms with van der Waals surface area (Å²) >= 11 is 0. The van der Waals surface area contributed by atoms with Gasteiger partial charge in [-0.25, -0.2) is 9.97 Å². The molecule has 55 heavy (non-hydrogen) atoms. The first-order valence-electron chi connectivity index (χ1n) is 18.7. The summed E-state index contributed by atoms with van der Waals surface area (Å²) in [6, 6.07) is 71.5. The number of nitrogens with zero attached hydrogens (tertiary/aromatic N) is 3. The molecule has 0 aliphatic carbocycles. The van der Waals surface area contributed by atoms with E-state index in [1.165, 1.54) is 59.9 Å². The van der Waals surface area contributed by atoms with E-state index in [4.69, 9.17) is 9.97 Å². The third-order valence-corrected chi connectivity index (χ3v) is 11.0. The summed E-state index contributed by atoms with van der Waals surface area (Å²) in [6.07, 6.45) is 0. The molecular weight excluding hydrogens is 667 g/mol. The standard InChI is InChI=1S/C52H33N3/c1-2-14-35(15-3-1)52-53-48(33-49(54-52)47-32-36-16-4-5-17-38(36)40-18-7-9-21-43(40)47)44-31-30-39(41-19-6-8-20-42(41)44)34-26-28-37(29-27-34)55-50-24-12-10-22-45(50)46-23-11-13-25-51(46)55/h1-33H. The Labute approximate surface area is 318 Å². The van der Waals surface area contributed by atoms with E-state index in [0.29, 0.717) is 5.82 Å². The van der Waals surface area contributed by atoms with Gasteiger partial charge in [0.25, 0.3) is 0 Å². The minimum atomic E-state index is 0.708. The molecule has 0 bridgehead atoms. The molecule has 0 radical (unpaired) electrons. The fraction of sp³-hybridized carbons (Fsp3) is 0. The van der Waals surface area contributed by atoms with E-state index in [0.717, 1.165) is 39.2 Å². The minimum absolute atomic E-state index is 0.708. The number of hydrogen-bond acceptors (Lipinski definition) is 2. The van der Waals surface area contributed by atoms with Crippen molar-refractivity contribution in [3.8, 4) is 50.7 Å². The summed E-state index contributed by atoms with van der Waals surface area (Å²) in [5.41, 5.74) is 10.9. The summed E-state index contributed by atoms with van der Waals surface area (Å²) in [5.74, 6) is 0.708. The van der Waals surface area contributed by atoms with E-state index in [1.54, 1.807) is 0 Å². The second-order valence-electron chi connectivity index (χ2n) is 14.1. The Morgan fingerprint density at radius 1 is 0.309 bits per heavy atom. The number of para-hydroxylation sites is 2. The topological polar surface area (TPSA) is 30.7 Å². The summed E-state index contributed by atoms with van der Waals surface area (Å²) in [5, 5.41) is 9.69. The SMILES string of the molecule is c1ccc(-c2nc(-c3ccc(-c4ccc(-n5c6ccccc6c6ccccc65)cc4)c4ccccc34)cc(-c3cc4ccccc4c4ccccc34)n2)cc1. The van der Waals surface area contributed by atoms with Crippen LogP contribution >= 0.6 is 0 Å². The van der Waals surface area contributed by atoms with Crippen molar-refractivity contribution >= 4 is 54.1 Å². The van der Waals surface area contributed by atoms with Gasteiger partial charge in [0.1, 0.15) is 0 Å². The molecule has 0 unspecified atom stereocenters. The van der Waals surface area contributed by atoms with Crippen LogP contribution in [-0.4, -0.2) is 14.5 Å². The fourth-order valence-electron chi connectivity index (χ4n) is 8.47. The second-order valence-corrected chi connectivity index (χ2v) is 14.1. The maximum Gasteiger partial charge on any atom is 0.160 e. The summed E-state index contributed by atoms with van der Waals surface area (Å²) in [6.45, 7) is 0. The van der Waals surface area contributed by atoms with E-state index in [1.807, 2.05) is 18.2 Å². The van der Waals surface area contributed by atoms with Crippen LogP contribution in [0.1, 0.15) is 0 Å². The monoisotopic (exact) mass is 699 g/mol. The molecule has 11 aromatic rings. The van der Waals surface area contributed by atoms with E-state index in [-0.39, 0.29) is 0 Å². The summed E-state index contributed by atoms with van der Waals surface area (Å²) in [7, 11) is 0. The molecule has 0 aliphatic rings. The molecule has 0 saturated heterocycles. The Kier molecular flexibility index (Phi) is 7.17. The van der Waals surface area contributed by atoms with Gasteiger partial charge in [-0.05, 0) is 79.8 Å². The summed E-state index contributed by atoms with van der Waals surface area (Å²) in [4.78, 5) is 10.5. The molecule has 0 aliphatic heterocycles. The van der Waals surface area contributed by atoms with Crippen LogP contribution in [0.5, 0.6) is 0 Å². The van der Waals surface area contributed by atoms with Gasteiger partial charge in [0.2, 0.25) is 0 Å². The van der Waals surface area contributed by atoms with E-state index < -0.39 is 0 Å². The highest BCUT2D eigenvalue weighted by molar-refractivity contribution is 6.14. The lowest BCUT2D eigenvalue weighted by Gasteiger charge is -2.15. The van der Waals surface area contributed by atoms with Crippen molar-refractivity contribution in [1.82, 2.24) is 14.5 Å². The average molecular weight is 700 g/mol. The van der Waals surface area contributed by atoms with Crippen LogP contribution in [0.25, 0.3) is 105 Å². The molecule has 0 fully saturated rings. The van der Waals surface area contributed by atoms with Crippen LogP contribution < -0.4 is 0 Å². The van der Waals surface area contributed by atoms with Crippen molar-refractivity contribution < 1.29 is 0 Å². The molecule has 3 heteroatoms. The molecule has 0 spiro atoms. The van der Waals surface area contributed by atoms with Crippen molar-refractivity contribution in [1.29, 1.82) is 0 Å². The molecule has 9 aromatic carbocycles. The van der Waals surface area contributed by atoms with Gasteiger partial charge >= 0.3 is 0 Å². The van der Waals surface area contributed by atoms with E-state index in [9.17, 15) is 0 Å². The highest BCUT2D eigenvalue weighted by atomic mass is 15.0. The van der Waals surface area contributed by atoms with Gasteiger partial charge in [0, 0.05) is 33.2 Å². The maximum atomic E-state index is 5.27. The van der Waals surface area contributed by atoms with Crippen molar-refractivity contribution in [2.75, 3.05) is 0 Å². The molecule has 256 valence electrons. The number of hydrogen-bond donors (Lipinski definition) is 0. The minimum Gasteiger partial charge on any atom is -0.309 e. The lowest BCUT2D eigenvalue weighted by Crippen LogP contribution is -1.97. The average Bonchev–Trinajstić information content (AvgIpc) is 3.60. The number of benzene rings is 9. The van der Waals surface area contributed by atoms with Gasteiger partial charge in [-0.3, -0.25) is 0 Å². The quantitative estimate of drug-likeness (QED) is 0.167. The molecular formula is C52H33N3. The Hall–Kier alpha value is -7.36. The van der Waals surface area contributed by atoms with Gasteiger partial charge < -0.3 is 4.57 Å². The van der Waals surface area contributed by atoms with Crippen molar-refractivity contribution in [3.05, 3.63) is 200 Å². The first-order valence-corrected chi connectivity index (χ1v) is 18.7. The zero-order chi connectivity index (χ0) is 36.3. The fourth-order valence-corrected chi connectivity index (χ4v) is 8.47. The van der Waals surface area contributed by atoms with Crippen LogP contribution in [-0.2, 0) is 0 Å². The molecule has 2 aromatic heterocycles. The smallest absolute Gasteiger partial charge is 0.160 e. The third kappa shape index (κ3) is 5.13. The number of rotatable bonds is 5. The first kappa shape index (κ1) is 31.2. The van der Waals surface area contributed by atoms with Crippen molar-refractivity contribution in [2.24, 2.45) is 0 Å². The zero-order valence-electron chi connectivity index (χ0n) is 29.9. The Morgan fingerprint density at radius 3 is 1.47 bits per heavy atom. The molecule has 2 heterocycles. The van der Waals surface area contributed by atoms with Crippen molar-refractivity contribution in [3.63, 3.8) is 0 Å². The van der Waals surface area contributed by atoms with E-state index in [2.05, 4.69) is 187 Å². The predicted octanol–water partition coefficient (Wildman–Crippen LogP) is 13.7. The molecule has 11 rings (SSSR count). The highest BCUT2D eigenvalue weighted by Crippen LogP contribution is 2.40. The number of aromatic nitrogens is 3. The van der Waals surface area contributed by atoms with Crippen molar-refractivity contribution in [2.45, 2.75) is 0 Å². The lowest BCUT2D eigenvalue weighted by atomic mass is 9.92. The second kappa shape index (κ2) is 12.6. The van der Waals surface area contributed by atoms with Gasteiger partial charge in [-0.1, -0.05) is 164 Å². The summed E-state index contributed by atoms with van der Waals surface area (Å²) < 4.78 is 2.37. The van der Waals surface area contributed by atoms with Crippen LogP contribution in [0, 0.1) is 0 Å². The lowest BCUT2D eigenvalue weighted by molar-refractivity contribution is 1.18. The van der Waals surface area contributed by atoms with Crippen LogP contribution in [0.3, 0.4) is 0 Å².